The molecule has 2 rings (SSSR count). The number of nitrogens with zero attached hydrogens (tertiary/aromatic N) is 2. The van der Waals surface area contributed by atoms with Crippen molar-refractivity contribution < 1.29 is 4.74 Å². The van der Waals surface area contributed by atoms with E-state index in [1.165, 1.54) is 0 Å². The van der Waals surface area contributed by atoms with Gasteiger partial charge in [0.1, 0.15) is 0 Å². The maximum absolute atomic E-state index is 5.15. The standard InChI is InChI=1S/C12H18BrN3O/c1-11(2)9(12(11,3)4)16-10-14-6-7(13)8(15-10)17-5/h6,9H,1-5H3,(H,14,15,16). The Morgan fingerprint density at radius 1 is 1.29 bits per heavy atom. The predicted octanol–water partition coefficient (Wildman–Crippen LogP) is 3.09. The van der Waals surface area contributed by atoms with Crippen LogP contribution in [0.15, 0.2) is 10.7 Å². The summed E-state index contributed by atoms with van der Waals surface area (Å²) in [5.74, 6) is 1.17. The van der Waals surface area contributed by atoms with Gasteiger partial charge in [0.2, 0.25) is 11.8 Å². The van der Waals surface area contributed by atoms with Gasteiger partial charge in [-0.2, -0.15) is 4.98 Å². The van der Waals surface area contributed by atoms with Crippen LogP contribution in [0, 0.1) is 10.8 Å². The van der Waals surface area contributed by atoms with Crippen molar-refractivity contribution in [3.63, 3.8) is 0 Å². The fourth-order valence-electron chi connectivity index (χ4n) is 2.25. The molecule has 0 amide bonds. The number of hydrogen-bond donors (Lipinski definition) is 1. The Balaban J connectivity index is 2.16. The summed E-state index contributed by atoms with van der Waals surface area (Å²) in [5, 5.41) is 3.38. The number of rotatable bonds is 3. The summed E-state index contributed by atoms with van der Waals surface area (Å²) in [4.78, 5) is 8.56. The number of aromatic nitrogens is 2. The quantitative estimate of drug-likeness (QED) is 0.932. The number of methoxy groups -OCH3 is 1. The van der Waals surface area contributed by atoms with Crippen molar-refractivity contribution >= 4 is 21.9 Å². The fraction of sp³-hybridized carbons (Fsp3) is 0.667. The number of halogens is 1. The summed E-state index contributed by atoms with van der Waals surface area (Å²) in [6.07, 6.45) is 1.70. The van der Waals surface area contributed by atoms with E-state index in [1.807, 2.05) is 0 Å². The molecule has 1 aromatic rings. The van der Waals surface area contributed by atoms with E-state index in [0.717, 1.165) is 4.47 Å². The first-order valence-electron chi connectivity index (χ1n) is 5.64. The molecular formula is C12H18BrN3O. The Labute approximate surface area is 110 Å². The van der Waals surface area contributed by atoms with Gasteiger partial charge in [-0.3, -0.25) is 0 Å². The second kappa shape index (κ2) is 3.83. The van der Waals surface area contributed by atoms with E-state index in [4.69, 9.17) is 4.74 Å². The van der Waals surface area contributed by atoms with Gasteiger partial charge < -0.3 is 10.1 Å². The molecule has 0 spiro atoms. The summed E-state index contributed by atoms with van der Waals surface area (Å²) < 4.78 is 5.92. The zero-order valence-corrected chi connectivity index (χ0v) is 12.4. The molecule has 1 heterocycles. The highest BCUT2D eigenvalue weighted by atomic mass is 79.9. The smallest absolute Gasteiger partial charge is 0.232 e. The number of ether oxygens (including phenoxy) is 1. The third-order valence-corrected chi connectivity index (χ3v) is 4.74. The number of hydrogen-bond acceptors (Lipinski definition) is 4. The Bertz CT molecular complexity index is 431. The van der Waals surface area contributed by atoms with Gasteiger partial charge in [-0.25, -0.2) is 4.98 Å². The summed E-state index contributed by atoms with van der Waals surface area (Å²) in [6, 6.07) is 0.390. The van der Waals surface area contributed by atoms with Crippen LogP contribution in [0.2, 0.25) is 0 Å². The van der Waals surface area contributed by atoms with Gasteiger partial charge in [-0.15, -0.1) is 0 Å². The minimum atomic E-state index is 0.261. The Morgan fingerprint density at radius 2 is 1.88 bits per heavy atom. The van der Waals surface area contributed by atoms with Gasteiger partial charge in [0.15, 0.2) is 0 Å². The van der Waals surface area contributed by atoms with E-state index in [1.54, 1.807) is 13.3 Å². The molecule has 5 heteroatoms. The van der Waals surface area contributed by atoms with Crippen molar-refractivity contribution in [3.05, 3.63) is 10.7 Å². The Hall–Kier alpha value is -0.840. The van der Waals surface area contributed by atoms with Gasteiger partial charge in [-0.05, 0) is 26.8 Å². The highest BCUT2D eigenvalue weighted by Crippen LogP contribution is 2.63. The molecule has 94 valence electrons. The average Bonchev–Trinajstić information content (AvgIpc) is 2.63. The minimum absolute atomic E-state index is 0.261. The van der Waals surface area contributed by atoms with Crippen LogP contribution in [0.1, 0.15) is 27.7 Å². The molecule has 0 radical (unpaired) electrons. The van der Waals surface area contributed by atoms with E-state index in [-0.39, 0.29) is 10.8 Å². The molecule has 1 aromatic heterocycles. The second-order valence-corrected chi connectivity index (χ2v) is 6.43. The zero-order valence-electron chi connectivity index (χ0n) is 10.8. The molecule has 0 bridgehead atoms. The molecule has 0 aromatic carbocycles. The van der Waals surface area contributed by atoms with Crippen LogP contribution in [-0.2, 0) is 0 Å². The molecule has 17 heavy (non-hydrogen) atoms. The van der Waals surface area contributed by atoms with Crippen molar-refractivity contribution in [1.82, 2.24) is 9.97 Å². The highest BCUT2D eigenvalue weighted by molar-refractivity contribution is 9.10. The monoisotopic (exact) mass is 299 g/mol. The lowest BCUT2D eigenvalue weighted by molar-refractivity contribution is 0.394. The third kappa shape index (κ3) is 1.90. The number of nitrogens with one attached hydrogen (secondary N) is 1. The molecular weight excluding hydrogens is 282 g/mol. The highest BCUT2D eigenvalue weighted by Gasteiger charge is 2.65. The van der Waals surface area contributed by atoms with E-state index in [9.17, 15) is 0 Å². The summed E-state index contributed by atoms with van der Waals surface area (Å²) in [5.41, 5.74) is 0.521. The molecule has 0 aliphatic heterocycles. The van der Waals surface area contributed by atoms with Crippen molar-refractivity contribution in [2.24, 2.45) is 10.8 Å². The van der Waals surface area contributed by atoms with Crippen molar-refractivity contribution in [3.8, 4) is 5.88 Å². The summed E-state index contributed by atoms with van der Waals surface area (Å²) in [7, 11) is 1.60. The first-order chi connectivity index (χ1) is 7.80. The third-order valence-electron chi connectivity index (χ3n) is 4.20. The predicted molar refractivity (Wildman–Crippen MR) is 71.3 cm³/mol. The van der Waals surface area contributed by atoms with E-state index < -0.39 is 0 Å². The first kappa shape index (κ1) is 12.6. The maximum atomic E-state index is 5.15. The van der Waals surface area contributed by atoms with E-state index in [0.29, 0.717) is 17.9 Å². The zero-order chi connectivity index (χ0) is 12.8. The molecule has 1 fully saturated rings. The van der Waals surface area contributed by atoms with Gasteiger partial charge in [0.25, 0.3) is 0 Å². The molecule has 0 unspecified atom stereocenters. The SMILES string of the molecule is COc1nc(NC2C(C)(C)C2(C)C)ncc1Br. The molecule has 1 saturated carbocycles. The van der Waals surface area contributed by atoms with Gasteiger partial charge in [0, 0.05) is 6.04 Å². The minimum Gasteiger partial charge on any atom is -0.480 e. The van der Waals surface area contributed by atoms with Gasteiger partial charge >= 0.3 is 0 Å². The number of anilines is 1. The lowest BCUT2D eigenvalue weighted by Gasteiger charge is -2.08. The molecule has 0 atom stereocenters. The van der Waals surface area contributed by atoms with Crippen molar-refractivity contribution in [2.45, 2.75) is 33.7 Å². The normalized spacial score (nSPS) is 21.1. The molecule has 1 aliphatic carbocycles. The molecule has 0 saturated heterocycles. The van der Waals surface area contributed by atoms with Crippen LogP contribution in [0.5, 0.6) is 5.88 Å². The van der Waals surface area contributed by atoms with Crippen LogP contribution >= 0.6 is 15.9 Å². The van der Waals surface area contributed by atoms with Crippen molar-refractivity contribution in [2.75, 3.05) is 12.4 Å². The maximum Gasteiger partial charge on any atom is 0.232 e. The van der Waals surface area contributed by atoms with Crippen LogP contribution in [0.3, 0.4) is 0 Å². The van der Waals surface area contributed by atoms with Gasteiger partial charge in [-0.1, -0.05) is 27.7 Å². The molecule has 1 aliphatic rings. The van der Waals surface area contributed by atoms with E-state index in [2.05, 4.69) is 58.9 Å². The van der Waals surface area contributed by atoms with Crippen LogP contribution < -0.4 is 10.1 Å². The lowest BCUT2D eigenvalue weighted by atomic mass is 10.0. The summed E-state index contributed by atoms with van der Waals surface area (Å²) in [6.45, 7) is 9.00. The fourth-order valence-corrected chi connectivity index (χ4v) is 2.60. The average molecular weight is 300 g/mol. The first-order valence-corrected chi connectivity index (χ1v) is 6.43. The van der Waals surface area contributed by atoms with Crippen LogP contribution in [0.25, 0.3) is 0 Å². The largest absolute Gasteiger partial charge is 0.480 e. The lowest BCUT2D eigenvalue weighted by Crippen LogP contribution is -2.13. The Kier molecular flexibility index (Phi) is 2.84. The van der Waals surface area contributed by atoms with Crippen LogP contribution in [0.4, 0.5) is 5.95 Å². The topological polar surface area (TPSA) is 47.0 Å². The summed E-state index contributed by atoms with van der Waals surface area (Å²) >= 11 is 3.34. The second-order valence-electron chi connectivity index (χ2n) is 5.57. The van der Waals surface area contributed by atoms with E-state index >= 15 is 0 Å². The van der Waals surface area contributed by atoms with Crippen molar-refractivity contribution in [1.29, 1.82) is 0 Å². The molecule has 4 nitrogen and oxygen atoms in total. The van der Waals surface area contributed by atoms with Crippen LogP contribution in [-0.4, -0.2) is 23.1 Å². The Morgan fingerprint density at radius 3 is 2.35 bits per heavy atom. The van der Waals surface area contributed by atoms with Gasteiger partial charge in [0.05, 0.1) is 17.8 Å². The molecule has 1 N–H and O–H groups in total.